The minimum absolute atomic E-state index is 0.0126. The van der Waals surface area contributed by atoms with E-state index in [4.69, 9.17) is 21.3 Å². The lowest BCUT2D eigenvalue weighted by molar-refractivity contribution is 0.0697. The Morgan fingerprint density at radius 3 is 2.60 bits per heavy atom. The molecule has 0 saturated carbocycles. The van der Waals surface area contributed by atoms with Gasteiger partial charge in [-0.3, -0.25) is 4.79 Å². The molecule has 3 aromatic carbocycles. The number of benzene rings is 3. The molecule has 3 atom stereocenters. The largest absolute Gasteiger partial charge is 0.478 e. The summed E-state index contributed by atoms with van der Waals surface area (Å²) in [5.41, 5.74) is 3.69. The predicted octanol–water partition coefficient (Wildman–Crippen LogP) is 7.99. The van der Waals surface area contributed by atoms with Crippen molar-refractivity contribution in [3.63, 3.8) is 0 Å². The van der Waals surface area contributed by atoms with Gasteiger partial charge in [-0.25, -0.2) is 9.78 Å². The van der Waals surface area contributed by atoms with Gasteiger partial charge in [-0.1, -0.05) is 85.6 Å². The van der Waals surface area contributed by atoms with Crippen molar-refractivity contribution in [2.24, 2.45) is 11.8 Å². The zero-order valence-corrected chi connectivity index (χ0v) is 23.2. The molecule has 0 aliphatic heterocycles. The number of nitrogens with zero attached hydrogens (tertiary/aromatic N) is 1. The highest BCUT2D eigenvalue weighted by atomic mass is 35.5. The number of ether oxygens (including phenoxy) is 1. The van der Waals surface area contributed by atoms with Crippen LogP contribution in [0.25, 0.3) is 33.5 Å². The minimum Gasteiger partial charge on any atom is -0.478 e. The summed E-state index contributed by atoms with van der Waals surface area (Å²) in [7, 11) is 1.68. The van der Waals surface area contributed by atoms with Gasteiger partial charge in [-0.15, -0.1) is 0 Å². The summed E-state index contributed by atoms with van der Waals surface area (Å²) in [6.07, 6.45) is 10.1. The number of Topliss-reactive ketones (excluding diaryl/α,β-unsaturated/α-hetero) is 1. The molecule has 2 N–H and O–H groups in total. The van der Waals surface area contributed by atoms with Crippen molar-refractivity contribution in [1.29, 1.82) is 0 Å². The van der Waals surface area contributed by atoms with Crippen molar-refractivity contribution in [3.8, 4) is 22.5 Å². The topological polar surface area (TPSA) is 92.3 Å². The average molecular weight is 555 g/mol. The molecule has 0 radical (unpaired) electrons. The van der Waals surface area contributed by atoms with Crippen LogP contribution >= 0.6 is 11.6 Å². The number of imidazole rings is 1. The fourth-order valence-corrected chi connectivity index (χ4v) is 5.89. The number of ketones is 1. The van der Waals surface area contributed by atoms with E-state index < -0.39 is 5.97 Å². The van der Waals surface area contributed by atoms with E-state index in [1.165, 1.54) is 6.07 Å². The molecule has 4 aromatic rings. The first-order chi connectivity index (χ1) is 19.4. The number of aromatic nitrogens is 2. The van der Waals surface area contributed by atoms with E-state index in [-0.39, 0.29) is 29.3 Å². The molecule has 0 fully saturated rings. The van der Waals surface area contributed by atoms with Gasteiger partial charge in [0, 0.05) is 41.2 Å². The molecule has 1 aliphatic carbocycles. The Morgan fingerprint density at radius 1 is 1.05 bits per heavy atom. The molecule has 0 bridgehead atoms. The first kappa shape index (κ1) is 27.6. The first-order valence-electron chi connectivity index (χ1n) is 13.4. The summed E-state index contributed by atoms with van der Waals surface area (Å²) in [5.74, 6) is -0.502. The van der Waals surface area contributed by atoms with Gasteiger partial charge >= 0.3 is 5.97 Å². The number of aromatic carboxylic acids is 1. The fraction of sp³-hybridized carbons (Fsp3) is 0.242. The van der Waals surface area contributed by atoms with Gasteiger partial charge in [0.1, 0.15) is 5.82 Å². The Bertz CT molecular complexity index is 1590. The average Bonchev–Trinajstić information content (AvgIpc) is 3.41. The van der Waals surface area contributed by atoms with Gasteiger partial charge in [0.25, 0.3) is 0 Å². The van der Waals surface area contributed by atoms with Gasteiger partial charge in [-0.05, 0) is 42.2 Å². The highest BCUT2D eigenvalue weighted by molar-refractivity contribution is 6.34. The SMILES string of the molecule is CCCC(CC(=O)c1ccc(-c2c(Cl)cccc2-c2nc3ccccc3[nH]2)c(C(=O)O)c1)C1C=CC=CC1OC. The van der Waals surface area contributed by atoms with E-state index in [0.29, 0.717) is 39.5 Å². The smallest absolute Gasteiger partial charge is 0.336 e. The lowest BCUT2D eigenvalue weighted by atomic mass is 9.78. The number of carboxylic acids is 1. The van der Waals surface area contributed by atoms with Crippen LogP contribution in [-0.2, 0) is 4.74 Å². The number of para-hydroxylation sites is 2. The van der Waals surface area contributed by atoms with Crippen molar-refractivity contribution < 1.29 is 19.4 Å². The summed E-state index contributed by atoms with van der Waals surface area (Å²) in [6, 6.07) is 17.9. The van der Waals surface area contributed by atoms with Crippen molar-refractivity contribution >= 4 is 34.4 Å². The molecular weight excluding hydrogens is 524 g/mol. The van der Waals surface area contributed by atoms with Crippen LogP contribution in [0.1, 0.15) is 46.9 Å². The quantitative estimate of drug-likeness (QED) is 0.194. The molecule has 204 valence electrons. The normalized spacial score (nSPS) is 17.3. The van der Waals surface area contributed by atoms with Crippen LogP contribution in [0.3, 0.4) is 0 Å². The van der Waals surface area contributed by atoms with Crippen LogP contribution in [-0.4, -0.2) is 40.0 Å². The third-order valence-electron chi connectivity index (χ3n) is 7.55. The summed E-state index contributed by atoms with van der Waals surface area (Å²) in [5, 5.41) is 10.6. The Balaban J connectivity index is 1.52. The van der Waals surface area contributed by atoms with Gasteiger partial charge in [-0.2, -0.15) is 0 Å². The maximum Gasteiger partial charge on any atom is 0.336 e. The molecule has 3 unspecified atom stereocenters. The van der Waals surface area contributed by atoms with Crippen molar-refractivity contribution in [3.05, 3.63) is 101 Å². The number of rotatable bonds is 10. The van der Waals surface area contributed by atoms with Gasteiger partial charge < -0.3 is 14.8 Å². The number of carbonyl (C=O) groups is 2. The van der Waals surface area contributed by atoms with Crippen LogP contribution < -0.4 is 0 Å². The third kappa shape index (κ3) is 5.51. The Hall–Kier alpha value is -4.00. The van der Waals surface area contributed by atoms with Crippen LogP contribution in [0.5, 0.6) is 0 Å². The number of H-pyrrole nitrogens is 1. The number of carboxylic acid groups (broad SMARTS) is 1. The molecule has 0 spiro atoms. The number of allylic oxidation sites excluding steroid dienone is 2. The van der Waals surface area contributed by atoms with Crippen molar-refractivity contribution in [2.75, 3.05) is 7.11 Å². The van der Waals surface area contributed by atoms with Crippen molar-refractivity contribution in [2.45, 2.75) is 32.3 Å². The second kappa shape index (κ2) is 12.0. The van der Waals surface area contributed by atoms with Crippen LogP contribution in [0.15, 0.2) is 85.0 Å². The number of halogens is 1. The van der Waals surface area contributed by atoms with E-state index in [9.17, 15) is 14.7 Å². The molecule has 40 heavy (non-hydrogen) atoms. The van der Waals surface area contributed by atoms with E-state index in [1.807, 2.05) is 54.6 Å². The molecule has 6 nitrogen and oxygen atoms in total. The molecule has 5 rings (SSSR count). The maximum atomic E-state index is 13.5. The lowest BCUT2D eigenvalue weighted by Crippen LogP contribution is -2.29. The number of hydrogen-bond donors (Lipinski definition) is 2. The highest BCUT2D eigenvalue weighted by Crippen LogP contribution is 2.39. The monoisotopic (exact) mass is 554 g/mol. The van der Waals surface area contributed by atoms with E-state index in [2.05, 4.69) is 18.0 Å². The number of carbonyl (C=O) groups excluding carboxylic acids is 1. The Kier molecular flexibility index (Phi) is 8.29. The van der Waals surface area contributed by atoms with Crippen LogP contribution in [0.4, 0.5) is 0 Å². The number of methoxy groups -OCH3 is 1. The number of hydrogen-bond acceptors (Lipinski definition) is 4. The second-order valence-electron chi connectivity index (χ2n) is 10.1. The maximum absolute atomic E-state index is 13.5. The molecule has 1 aromatic heterocycles. The third-order valence-corrected chi connectivity index (χ3v) is 7.86. The number of aromatic amines is 1. The molecule has 0 amide bonds. The predicted molar refractivity (Wildman–Crippen MR) is 159 cm³/mol. The molecule has 1 aliphatic rings. The Morgan fingerprint density at radius 2 is 1.85 bits per heavy atom. The summed E-state index contributed by atoms with van der Waals surface area (Å²) in [4.78, 5) is 34.1. The van der Waals surface area contributed by atoms with Gasteiger partial charge in [0.2, 0.25) is 0 Å². The zero-order chi connectivity index (χ0) is 28.2. The molecule has 7 heteroatoms. The Labute approximate surface area is 238 Å². The molecular formula is C33H31ClN2O4. The van der Waals surface area contributed by atoms with E-state index >= 15 is 0 Å². The van der Waals surface area contributed by atoms with Crippen LogP contribution in [0.2, 0.25) is 5.02 Å². The van der Waals surface area contributed by atoms with Crippen LogP contribution in [0, 0.1) is 11.8 Å². The van der Waals surface area contributed by atoms with Gasteiger partial charge in [0.05, 0.1) is 22.7 Å². The van der Waals surface area contributed by atoms with E-state index in [1.54, 1.807) is 25.3 Å². The molecule has 1 heterocycles. The lowest BCUT2D eigenvalue weighted by Gasteiger charge is -2.30. The fourth-order valence-electron chi connectivity index (χ4n) is 5.61. The first-order valence-corrected chi connectivity index (χ1v) is 13.8. The number of nitrogens with one attached hydrogen (secondary N) is 1. The zero-order valence-electron chi connectivity index (χ0n) is 22.4. The van der Waals surface area contributed by atoms with Gasteiger partial charge in [0.15, 0.2) is 5.78 Å². The standard InChI is InChI=1S/C33H31ClN2O4/c1-3-9-20(22-10-4-7-15-30(22)40-2)19-29(37)21-16-17-23(25(18-21)33(38)39)31-24(11-8-12-26(31)34)32-35-27-13-5-6-14-28(27)36-32/h4-8,10-18,20,22,30H,3,9,19H2,1-2H3,(H,35,36)(H,38,39). The number of fused-ring (bicyclic) bond motifs is 1. The molecule has 0 saturated heterocycles. The van der Waals surface area contributed by atoms with Crippen molar-refractivity contribution in [1.82, 2.24) is 9.97 Å². The minimum atomic E-state index is -1.13. The van der Waals surface area contributed by atoms with E-state index in [0.717, 1.165) is 23.9 Å². The summed E-state index contributed by atoms with van der Waals surface area (Å²) >= 11 is 6.68. The highest BCUT2D eigenvalue weighted by Gasteiger charge is 2.29. The summed E-state index contributed by atoms with van der Waals surface area (Å²) in [6.45, 7) is 2.10. The second-order valence-corrected chi connectivity index (χ2v) is 10.5. The summed E-state index contributed by atoms with van der Waals surface area (Å²) < 4.78 is 5.66.